The molecule has 0 saturated carbocycles. The second-order valence-corrected chi connectivity index (χ2v) is 5.98. The summed E-state index contributed by atoms with van der Waals surface area (Å²) in [6.07, 6.45) is -5.51. The van der Waals surface area contributed by atoms with E-state index < -0.39 is 29.3 Å². The molecular formula is C13H17ClF3NO. The molecule has 1 aromatic rings. The number of alkyl halides is 3. The summed E-state index contributed by atoms with van der Waals surface area (Å²) in [7, 11) is 0. The molecular weight excluding hydrogens is 279 g/mol. The summed E-state index contributed by atoms with van der Waals surface area (Å²) >= 11 is 5.53. The van der Waals surface area contributed by atoms with Gasteiger partial charge in [-0.25, -0.2) is 0 Å². The number of benzene rings is 1. The smallest absolute Gasteiger partial charge is 0.391 e. The fourth-order valence-corrected chi connectivity index (χ4v) is 1.91. The number of halogens is 4. The molecule has 2 nitrogen and oxygen atoms in total. The van der Waals surface area contributed by atoms with Gasteiger partial charge in [0.2, 0.25) is 0 Å². The van der Waals surface area contributed by atoms with Crippen molar-refractivity contribution in [3.8, 4) is 0 Å². The summed E-state index contributed by atoms with van der Waals surface area (Å²) in [5.74, 6) is 0. The topological polar surface area (TPSA) is 46.2 Å². The van der Waals surface area contributed by atoms with Crippen molar-refractivity contribution in [2.24, 2.45) is 11.1 Å². The third-order valence-corrected chi connectivity index (χ3v) is 3.24. The minimum absolute atomic E-state index is 0.208. The molecule has 0 radical (unpaired) electrons. The molecule has 0 aromatic heterocycles. The first-order valence-electron chi connectivity index (χ1n) is 5.75. The van der Waals surface area contributed by atoms with Crippen LogP contribution >= 0.6 is 11.6 Å². The molecule has 0 aliphatic heterocycles. The molecule has 0 unspecified atom stereocenters. The molecule has 0 bridgehead atoms. The molecule has 108 valence electrons. The average Bonchev–Trinajstić information content (AvgIpc) is 2.25. The van der Waals surface area contributed by atoms with Crippen molar-refractivity contribution >= 4 is 11.6 Å². The van der Waals surface area contributed by atoms with Gasteiger partial charge in [-0.05, 0) is 23.1 Å². The molecule has 6 heteroatoms. The molecule has 3 N–H and O–H groups in total. The van der Waals surface area contributed by atoms with E-state index in [2.05, 4.69) is 0 Å². The fourth-order valence-electron chi connectivity index (χ4n) is 1.69. The van der Waals surface area contributed by atoms with Crippen LogP contribution in [0.1, 0.15) is 37.9 Å². The van der Waals surface area contributed by atoms with Crippen molar-refractivity contribution in [2.45, 2.75) is 39.1 Å². The number of rotatable bonds is 2. The predicted octanol–water partition coefficient (Wildman–Crippen LogP) is 3.77. The maximum atomic E-state index is 12.7. The minimum Gasteiger partial charge on any atom is -0.391 e. The third kappa shape index (κ3) is 3.84. The molecule has 1 aromatic carbocycles. The van der Waals surface area contributed by atoms with Crippen LogP contribution in [0.25, 0.3) is 0 Å². The van der Waals surface area contributed by atoms with Gasteiger partial charge in [-0.1, -0.05) is 38.4 Å². The summed E-state index contributed by atoms with van der Waals surface area (Å²) < 4.78 is 38.2. The largest absolute Gasteiger partial charge is 0.417 e. The maximum absolute atomic E-state index is 12.7. The quantitative estimate of drug-likeness (QED) is 0.872. The van der Waals surface area contributed by atoms with Crippen LogP contribution in [-0.4, -0.2) is 11.2 Å². The number of aliphatic hydroxyl groups excluding tert-OH is 1. The van der Waals surface area contributed by atoms with Gasteiger partial charge < -0.3 is 10.8 Å². The number of hydrogen-bond acceptors (Lipinski definition) is 2. The highest BCUT2D eigenvalue weighted by Gasteiger charge is 2.35. The molecule has 0 fully saturated rings. The second kappa shape index (κ2) is 5.31. The van der Waals surface area contributed by atoms with Gasteiger partial charge in [0.15, 0.2) is 0 Å². The SMILES string of the molecule is CC(C)(C)[C@H](O)[C@H](N)c1ccc(Cl)c(C(F)(F)F)c1. The summed E-state index contributed by atoms with van der Waals surface area (Å²) in [4.78, 5) is 0. The van der Waals surface area contributed by atoms with Crippen molar-refractivity contribution < 1.29 is 18.3 Å². The Bertz CT molecular complexity index is 454. The van der Waals surface area contributed by atoms with Crippen LogP contribution in [-0.2, 0) is 6.18 Å². The predicted molar refractivity (Wildman–Crippen MR) is 68.8 cm³/mol. The van der Waals surface area contributed by atoms with E-state index in [4.69, 9.17) is 17.3 Å². The standard InChI is InChI=1S/C13H17ClF3NO/c1-12(2,3)11(19)10(18)7-4-5-9(14)8(6-7)13(15,16)17/h4-6,10-11,19H,18H2,1-3H3/t10-,11-/m1/s1. The number of nitrogens with two attached hydrogens (primary N) is 1. The van der Waals surface area contributed by atoms with Crippen molar-refractivity contribution in [1.29, 1.82) is 0 Å². The lowest BCUT2D eigenvalue weighted by Crippen LogP contribution is -2.37. The van der Waals surface area contributed by atoms with Crippen LogP contribution < -0.4 is 5.73 Å². The van der Waals surface area contributed by atoms with Crippen LogP contribution in [0.5, 0.6) is 0 Å². The Morgan fingerprint density at radius 3 is 2.16 bits per heavy atom. The Balaban J connectivity index is 3.16. The zero-order valence-electron chi connectivity index (χ0n) is 10.9. The first-order valence-corrected chi connectivity index (χ1v) is 6.12. The second-order valence-electron chi connectivity index (χ2n) is 5.57. The van der Waals surface area contributed by atoms with Crippen molar-refractivity contribution in [3.63, 3.8) is 0 Å². The molecule has 0 spiro atoms. The normalized spacial score (nSPS) is 16.3. The van der Waals surface area contributed by atoms with Crippen LogP contribution in [0.15, 0.2) is 18.2 Å². The van der Waals surface area contributed by atoms with Gasteiger partial charge in [0, 0.05) is 0 Å². The lowest BCUT2D eigenvalue weighted by molar-refractivity contribution is -0.137. The molecule has 19 heavy (non-hydrogen) atoms. The molecule has 0 aliphatic carbocycles. The molecule has 2 atom stereocenters. The Labute approximate surface area is 115 Å². The summed E-state index contributed by atoms with van der Waals surface area (Å²) in [5.41, 5.74) is 4.56. The first-order chi connectivity index (χ1) is 8.44. The van der Waals surface area contributed by atoms with Gasteiger partial charge in [-0.15, -0.1) is 0 Å². The number of hydrogen-bond donors (Lipinski definition) is 2. The van der Waals surface area contributed by atoms with E-state index in [1.54, 1.807) is 20.8 Å². The highest BCUT2D eigenvalue weighted by Crippen LogP contribution is 2.37. The van der Waals surface area contributed by atoms with Gasteiger partial charge in [0.05, 0.1) is 22.7 Å². The molecule has 0 amide bonds. The van der Waals surface area contributed by atoms with Crippen molar-refractivity contribution in [3.05, 3.63) is 34.3 Å². The van der Waals surface area contributed by atoms with Crippen molar-refractivity contribution in [2.75, 3.05) is 0 Å². The monoisotopic (exact) mass is 295 g/mol. The van der Waals surface area contributed by atoms with Crippen LogP contribution in [0, 0.1) is 5.41 Å². The summed E-state index contributed by atoms with van der Waals surface area (Å²) in [5, 5.41) is 9.65. The van der Waals surface area contributed by atoms with E-state index in [9.17, 15) is 18.3 Å². The maximum Gasteiger partial charge on any atom is 0.417 e. The van der Waals surface area contributed by atoms with Crippen LogP contribution in [0.4, 0.5) is 13.2 Å². The van der Waals surface area contributed by atoms with E-state index in [0.717, 1.165) is 12.1 Å². The van der Waals surface area contributed by atoms with Gasteiger partial charge in [0.25, 0.3) is 0 Å². The van der Waals surface area contributed by atoms with E-state index >= 15 is 0 Å². The van der Waals surface area contributed by atoms with E-state index in [-0.39, 0.29) is 10.6 Å². The highest BCUT2D eigenvalue weighted by molar-refractivity contribution is 6.31. The zero-order chi connectivity index (χ0) is 15.0. The Hall–Kier alpha value is -0.780. The van der Waals surface area contributed by atoms with Gasteiger partial charge in [0.1, 0.15) is 0 Å². The first kappa shape index (κ1) is 16.3. The van der Waals surface area contributed by atoms with E-state index in [1.807, 2.05) is 0 Å². The lowest BCUT2D eigenvalue weighted by Gasteiger charge is -2.31. The minimum atomic E-state index is -4.54. The average molecular weight is 296 g/mol. The zero-order valence-corrected chi connectivity index (χ0v) is 11.7. The molecule has 0 saturated heterocycles. The van der Waals surface area contributed by atoms with E-state index in [1.165, 1.54) is 6.07 Å². The van der Waals surface area contributed by atoms with Crippen LogP contribution in [0.2, 0.25) is 5.02 Å². The molecule has 1 rings (SSSR count). The van der Waals surface area contributed by atoms with Gasteiger partial charge in [-0.3, -0.25) is 0 Å². The summed E-state index contributed by atoms with van der Waals surface area (Å²) in [6, 6.07) is 2.53. The highest BCUT2D eigenvalue weighted by atomic mass is 35.5. The van der Waals surface area contributed by atoms with Crippen molar-refractivity contribution in [1.82, 2.24) is 0 Å². The third-order valence-electron chi connectivity index (χ3n) is 2.91. The Morgan fingerprint density at radius 2 is 1.74 bits per heavy atom. The van der Waals surface area contributed by atoms with Gasteiger partial charge >= 0.3 is 6.18 Å². The molecule has 0 heterocycles. The summed E-state index contributed by atoms with van der Waals surface area (Å²) in [6.45, 7) is 5.29. The Kier molecular flexibility index (Phi) is 4.55. The molecule has 0 aliphatic rings. The van der Waals surface area contributed by atoms with Crippen LogP contribution in [0.3, 0.4) is 0 Å². The number of aliphatic hydroxyl groups is 1. The Morgan fingerprint density at radius 1 is 1.21 bits per heavy atom. The van der Waals surface area contributed by atoms with Gasteiger partial charge in [-0.2, -0.15) is 13.2 Å². The fraction of sp³-hybridized carbons (Fsp3) is 0.538. The van der Waals surface area contributed by atoms with E-state index in [0.29, 0.717) is 0 Å². The lowest BCUT2D eigenvalue weighted by atomic mass is 9.82.